The van der Waals surface area contributed by atoms with Crippen molar-refractivity contribution in [2.75, 3.05) is 13.7 Å². The van der Waals surface area contributed by atoms with Gasteiger partial charge in [-0.05, 0) is 42.1 Å². The summed E-state index contributed by atoms with van der Waals surface area (Å²) in [7, 11) is 1.62. The fourth-order valence-corrected chi connectivity index (χ4v) is 4.00. The topological polar surface area (TPSA) is 92.3 Å². The second kappa shape index (κ2) is 8.81. The molecule has 0 atom stereocenters. The van der Waals surface area contributed by atoms with Gasteiger partial charge < -0.3 is 14.0 Å². The van der Waals surface area contributed by atoms with Gasteiger partial charge in [0.25, 0.3) is 5.91 Å². The van der Waals surface area contributed by atoms with Crippen LogP contribution in [0.4, 0.5) is 0 Å². The number of hydrazone groups is 1. The van der Waals surface area contributed by atoms with E-state index in [-0.39, 0.29) is 17.3 Å². The maximum Gasteiger partial charge on any atom is 0.283 e. The van der Waals surface area contributed by atoms with Crippen LogP contribution in [0.25, 0.3) is 6.08 Å². The lowest BCUT2D eigenvalue weighted by Crippen LogP contribution is -2.35. The van der Waals surface area contributed by atoms with Gasteiger partial charge in [-0.15, -0.1) is 0 Å². The van der Waals surface area contributed by atoms with Crippen LogP contribution in [0.1, 0.15) is 19.5 Å². The largest absolute Gasteiger partial charge is 0.497 e. The van der Waals surface area contributed by atoms with E-state index >= 15 is 0 Å². The standard InChI is InChI=1S/C22H23N5O3S/c1-14(2)21-25-27-19(23)18(20(28)24-22(27)31-21)12-15-6-5-9-26(15)10-11-30-17-8-4-7-16(13-17)29-3/h4-9,12-14,23H,10-11H2,1-3H3/b18-12-,23-19?. The quantitative estimate of drug-likeness (QED) is 0.664. The van der Waals surface area contributed by atoms with E-state index in [0.29, 0.717) is 18.3 Å². The van der Waals surface area contributed by atoms with E-state index in [1.807, 2.05) is 61.0 Å². The molecule has 2 aliphatic rings. The number of aromatic nitrogens is 1. The first-order valence-electron chi connectivity index (χ1n) is 9.88. The van der Waals surface area contributed by atoms with Gasteiger partial charge in [-0.3, -0.25) is 10.2 Å². The van der Waals surface area contributed by atoms with Gasteiger partial charge >= 0.3 is 0 Å². The molecule has 2 aromatic rings. The van der Waals surface area contributed by atoms with Crippen molar-refractivity contribution in [2.24, 2.45) is 16.0 Å². The SMILES string of the molecule is COc1cccc(OCCn2cccc2/C=C2/C(=N)N3N=C(C(C)C)SC3=NC2=O)c1. The van der Waals surface area contributed by atoms with Crippen molar-refractivity contribution in [3.05, 3.63) is 53.9 Å². The van der Waals surface area contributed by atoms with Crippen molar-refractivity contribution in [2.45, 2.75) is 20.4 Å². The molecule has 1 aromatic carbocycles. The molecule has 0 saturated carbocycles. The minimum absolute atomic E-state index is 0.0403. The molecule has 1 N–H and O–H groups in total. The van der Waals surface area contributed by atoms with Gasteiger partial charge in [0.05, 0.1) is 19.2 Å². The van der Waals surface area contributed by atoms with Crippen LogP contribution in [0.2, 0.25) is 0 Å². The van der Waals surface area contributed by atoms with Crippen molar-refractivity contribution in [1.82, 2.24) is 9.58 Å². The molecule has 1 aromatic heterocycles. The molecule has 1 amide bonds. The first kappa shape index (κ1) is 20.9. The number of rotatable bonds is 7. The maximum absolute atomic E-state index is 12.6. The molecular weight excluding hydrogens is 414 g/mol. The number of carbonyl (C=O) groups is 1. The molecule has 0 bridgehead atoms. The zero-order valence-electron chi connectivity index (χ0n) is 17.5. The van der Waals surface area contributed by atoms with Crippen molar-refractivity contribution in [3.63, 3.8) is 0 Å². The van der Waals surface area contributed by atoms with Gasteiger partial charge in [0, 0.05) is 23.9 Å². The Bertz CT molecular complexity index is 1120. The molecule has 8 nitrogen and oxygen atoms in total. The van der Waals surface area contributed by atoms with E-state index in [0.717, 1.165) is 22.2 Å². The summed E-state index contributed by atoms with van der Waals surface area (Å²) in [5.74, 6) is 1.28. The number of hydrogen-bond acceptors (Lipinski definition) is 6. The van der Waals surface area contributed by atoms with Gasteiger partial charge in [-0.2, -0.15) is 15.1 Å². The van der Waals surface area contributed by atoms with E-state index in [1.165, 1.54) is 16.8 Å². The van der Waals surface area contributed by atoms with Crippen LogP contribution >= 0.6 is 11.8 Å². The zero-order valence-corrected chi connectivity index (χ0v) is 18.3. The summed E-state index contributed by atoms with van der Waals surface area (Å²) in [4.78, 5) is 16.7. The Hall–Kier alpha value is -3.33. The summed E-state index contributed by atoms with van der Waals surface area (Å²) in [6.45, 7) is 5.06. The van der Waals surface area contributed by atoms with E-state index in [2.05, 4.69) is 10.1 Å². The molecule has 4 rings (SSSR count). The number of amides is 1. The first-order valence-corrected chi connectivity index (χ1v) is 10.7. The van der Waals surface area contributed by atoms with Crippen molar-refractivity contribution in [3.8, 4) is 11.5 Å². The average molecular weight is 438 g/mol. The number of benzene rings is 1. The van der Waals surface area contributed by atoms with E-state index < -0.39 is 5.91 Å². The Kier molecular flexibility index (Phi) is 5.94. The van der Waals surface area contributed by atoms with E-state index in [1.54, 1.807) is 13.2 Å². The Morgan fingerprint density at radius 3 is 2.81 bits per heavy atom. The number of thioether (sulfide) groups is 1. The third kappa shape index (κ3) is 4.41. The summed E-state index contributed by atoms with van der Waals surface area (Å²) < 4.78 is 13.0. The molecule has 160 valence electrons. The molecule has 0 radical (unpaired) electrons. The van der Waals surface area contributed by atoms with Crippen molar-refractivity contribution >= 4 is 39.8 Å². The molecule has 0 saturated heterocycles. The van der Waals surface area contributed by atoms with Crippen LogP contribution in [0.15, 0.2) is 58.3 Å². The summed E-state index contributed by atoms with van der Waals surface area (Å²) in [5.41, 5.74) is 1.01. The number of amidine groups is 2. The molecule has 31 heavy (non-hydrogen) atoms. The highest BCUT2D eigenvalue weighted by molar-refractivity contribution is 8.27. The minimum atomic E-state index is -0.427. The van der Waals surface area contributed by atoms with Crippen LogP contribution in [-0.2, 0) is 11.3 Å². The van der Waals surface area contributed by atoms with Crippen LogP contribution in [0.3, 0.4) is 0 Å². The molecule has 0 aliphatic carbocycles. The smallest absolute Gasteiger partial charge is 0.283 e. The van der Waals surface area contributed by atoms with Crippen LogP contribution in [0.5, 0.6) is 11.5 Å². The summed E-state index contributed by atoms with van der Waals surface area (Å²) in [6.07, 6.45) is 3.59. The number of aliphatic imine (C=N–C) groups is 1. The van der Waals surface area contributed by atoms with Gasteiger partial charge in [-0.1, -0.05) is 19.9 Å². The van der Waals surface area contributed by atoms with Crippen LogP contribution < -0.4 is 9.47 Å². The molecule has 0 fully saturated rings. The van der Waals surface area contributed by atoms with E-state index in [4.69, 9.17) is 14.9 Å². The lowest BCUT2D eigenvalue weighted by Gasteiger charge is -2.20. The molecule has 2 aliphatic heterocycles. The van der Waals surface area contributed by atoms with Crippen LogP contribution in [-0.4, -0.2) is 45.2 Å². The normalized spacial score (nSPS) is 17.2. The maximum atomic E-state index is 12.6. The molecular formula is C22H23N5O3S. The zero-order chi connectivity index (χ0) is 22.0. The Morgan fingerprint density at radius 2 is 2.03 bits per heavy atom. The second-order valence-corrected chi connectivity index (χ2v) is 8.25. The highest BCUT2D eigenvalue weighted by Crippen LogP contribution is 2.30. The summed E-state index contributed by atoms with van der Waals surface area (Å²) in [6, 6.07) is 11.2. The predicted molar refractivity (Wildman–Crippen MR) is 123 cm³/mol. The summed E-state index contributed by atoms with van der Waals surface area (Å²) in [5, 5.41) is 15.7. The number of nitrogens with zero attached hydrogens (tertiary/aromatic N) is 4. The average Bonchev–Trinajstić information content (AvgIpc) is 3.38. The highest BCUT2D eigenvalue weighted by Gasteiger charge is 2.36. The highest BCUT2D eigenvalue weighted by atomic mass is 32.2. The number of nitrogens with one attached hydrogen (secondary N) is 1. The van der Waals surface area contributed by atoms with Crippen LogP contribution in [0, 0.1) is 11.3 Å². The Labute approximate surface area is 184 Å². The van der Waals surface area contributed by atoms with Crippen molar-refractivity contribution in [1.29, 1.82) is 5.41 Å². The van der Waals surface area contributed by atoms with Gasteiger partial charge in [0.15, 0.2) is 5.84 Å². The summed E-state index contributed by atoms with van der Waals surface area (Å²) >= 11 is 1.34. The van der Waals surface area contributed by atoms with E-state index in [9.17, 15) is 4.79 Å². The lowest BCUT2D eigenvalue weighted by atomic mass is 10.1. The second-order valence-electron chi connectivity index (χ2n) is 7.27. The number of fused-ring (bicyclic) bond motifs is 1. The fraction of sp³-hybridized carbons (Fsp3) is 0.273. The third-order valence-electron chi connectivity index (χ3n) is 4.76. The fourth-order valence-electron chi connectivity index (χ4n) is 3.10. The van der Waals surface area contributed by atoms with Crippen molar-refractivity contribution < 1.29 is 14.3 Å². The molecule has 0 spiro atoms. The Morgan fingerprint density at radius 1 is 1.23 bits per heavy atom. The number of hydrogen-bond donors (Lipinski definition) is 1. The Balaban J connectivity index is 1.48. The monoisotopic (exact) mass is 437 g/mol. The number of methoxy groups -OCH3 is 1. The number of carbonyl (C=O) groups excluding carboxylic acids is 1. The van der Waals surface area contributed by atoms with Gasteiger partial charge in [-0.25, -0.2) is 0 Å². The predicted octanol–water partition coefficient (Wildman–Crippen LogP) is 3.85. The minimum Gasteiger partial charge on any atom is -0.497 e. The molecule has 3 heterocycles. The molecule has 9 heteroatoms. The lowest BCUT2D eigenvalue weighted by molar-refractivity contribution is -0.114. The molecule has 0 unspecified atom stereocenters. The number of ether oxygens (including phenoxy) is 2. The van der Waals surface area contributed by atoms with Gasteiger partial charge in [0.1, 0.15) is 23.1 Å². The third-order valence-corrected chi connectivity index (χ3v) is 5.97. The van der Waals surface area contributed by atoms with Gasteiger partial charge in [0.2, 0.25) is 5.17 Å². The first-order chi connectivity index (χ1) is 15.0.